The maximum atomic E-state index is 13.4. The van der Waals surface area contributed by atoms with Crippen LogP contribution in [0, 0.1) is 6.92 Å². The van der Waals surface area contributed by atoms with Gasteiger partial charge in [-0.1, -0.05) is 36.4 Å². The Morgan fingerprint density at radius 1 is 1.07 bits per heavy atom. The molecule has 29 heavy (non-hydrogen) atoms. The molecule has 0 radical (unpaired) electrons. The summed E-state index contributed by atoms with van der Waals surface area (Å²) in [6.45, 7) is 1.83. The molecule has 0 bridgehead atoms. The third-order valence-corrected chi connectivity index (χ3v) is 5.19. The summed E-state index contributed by atoms with van der Waals surface area (Å²) in [5.41, 5.74) is 1.97. The van der Waals surface area contributed by atoms with Crippen LogP contribution in [0.4, 0.5) is 5.82 Å². The van der Waals surface area contributed by atoms with Gasteiger partial charge in [0.15, 0.2) is 5.78 Å². The summed E-state index contributed by atoms with van der Waals surface area (Å²) in [6.07, 6.45) is 3.29. The number of ketones is 1. The topological polar surface area (TPSA) is 89.8 Å². The number of carbonyl (C=O) groups excluding carboxylic acids is 2. The van der Waals surface area contributed by atoms with Crippen LogP contribution in [-0.4, -0.2) is 31.4 Å². The molecule has 1 atom stereocenters. The van der Waals surface area contributed by atoms with Crippen molar-refractivity contribution in [3.8, 4) is 5.95 Å². The van der Waals surface area contributed by atoms with E-state index in [-0.39, 0.29) is 18.1 Å². The van der Waals surface area contributed by atoms with Gasteiger partial charge in [-0.15, -0.1) is 0 Å². The minimum Gasteiger partial charge on any atom is -0.310 e. The van der Waals surface area contributed by atoms with Crippen molar-refractivity contribution in [2.75, 3.05) is 5.32 Å². The Balaban J connectivity index is 1.61. The van der Waals surface area contributed by atoms with E-state index < -0.39 is 5.92 Å². The number of anilines is 1. The molecule has 1 amide bonds. The lowest BCUT2D eigenvalue weighted by Crippen LogP contribution is -2.28. The highest BCUT2D eigenvalue weighted by Crippen LogP contribution is 2.38. The zero-order valence-electron chi connectivity index (χ0n) is 15.7. The van der Waals surface area contributed by atoms with Gasteiger partial charge in [-0.25, -0.2) is 9.97 Å². The van der Waals surface area contributed by atoms with Gasteiger partial charge in [0.1, 0.15) is 5.82 Å². The van der Waals surface area contributed by atoms with Gasteiger partial charge in [-0.3, -0.25) is 9.59 Å². The fraction of sp³-hybridized carbons (Fsp3) is 0.136. The van der Waals surface area contributed by atoms with E-state index in [4.69, 9.17) is 0 Å². The number of amides is 1. The number of aromatic nitrogens is 4. The lowest BCUT2D eigenvalue weighted by Gasteiger charge is -2.23. The van der Waals surface area contributed by atoms with Crippen LogP contribution in [0.1, 0.15) is 34.0 Å². The SMILES string of the molecule is Cc1nn(-c2ncccn2)c2c1[C@H](C(=O)c1ccc3ccccc3c1)CC(=O)N2. The summed E-state index contributed by atoms with van der Waals surface area (Å²) >= 11 is 0. The first-order valence-electron chi connectivity index (χ1n) is 9.31. The van der Waals surface area contributed by atoms with Crippen molar-refractivity contribution in [1.29, 1.82) is 0 Å². The van der Waals surface area contributed by atoms with E-state index >= 15 is 0 Å². The van der Waals surface area contributed by atoms with Crippen molar-refractivity contribution in [3.63, 3.8) is 0 Å². The Morgan fingerprint density at radius 2 is 1.83 bits per heavy atom. The van der Waals surface area contributed by atoms with Crippen LogP contribution in [0.25, 0.3) is 16.7 Å². The van der Waals surface area contributed by atoms with Crippen LogP contribution in [-0.2, 0) is 4.79 Å². The second kappa shape index (κ2) is 6.63. The molecule has 4 aromatic rings. The quantitative estimate of drug-likeness (QED) is 0.548. The van der Waals surface area contributed by atoms with Crippen LogP contribution >= 0.6 is 0 Å². The standard InChI is InChI=1S/C22H17N5O2/c1-13-19-17(20(29)16-8-7-14-5-2-3-6-15(14)11-16)12-18(28)25-21(19)27(26-13)22-23-9-4-10-24-22/h2-11,17H,12H2,1H3,(H,25,28)/t17-/m1/s1. The van der Waals surface area contributed by atoms with E-state index in [9.17, 15) is 9.59 Å². The minimum atomic E-state index is -0.600. The average Bonchev–Trinajstić information content (AvgIpc) is 3.09. The molecule has 3 heterocycles. The Hall–Kier alpha value is -3.87. The molecular weight excluding hydrogens is 366 g/mol. The summed E-state index contributed by atoms with van der Waals surface area (Å²) < 4.78 is 1.49. The largest absolute Gasteiger partial charge is 0.310 e. The van der Waals surface area contributed by atoms with Gasteiger partial charge in [-0.05, 0) is 29.8 Å². The van der Waals surface area contributed by atoms with Crippen molar-refractivity contribution in [2.45, 2.75) is 19.3 Å². The van der Waals surface area contributed by atoms with Crippen molar-refractivity contribution in [1.82, 2.24) is 19.7 Å². The zero-order chi connectivity index (χ0) is 20.0. The summed E-state index contributed by atoms with van der Waals surface area (Å²) in [7, 11) is 0. The first-order valence-corrected chi connectivity index (χ1v) is 9.31. The highest BCUT2D eigenvalue weighted by molar-refractivity contribution is 6.09. The van der Waals surface area contributed by atoms with Crippen LogP contribution < -0.4 is 5.32 Å². The Labute approximate surface area is 166 Å². The van der Waals surface area contributed by atoms with E-state index in [1.54, 1.807) is 18.5 Å². The van der Waals surface area contributed by atoms with Crippen molar-refractivity contribution in [3.05, 3.63) is 77.7 Å². The molecule has 1 aliphatic heterocycles. The number of carbonyl (C=O) groups is 2. The summed E-state index contributed by atoms with van der Waals surface area (Å²) in [6, 6.07) is 15.2. The zero-order valence-corrected chi connectivity index (χ0v) is 15.7. The Kier molecular flexibility index (Phi) is 3.94. The van der Waals surface area contributed by atoms with Crippen molar-refractivity contribution in [2.24, 2.45) is 0 Å². The lowest BCUT2D eigenvalue weighted by molar-refractivity contribution is -0.116. The van der Waals surface area contributed by atoms with E-state index in [0.29, 0.717) is 23.0 Å². The second-order valence-corrected chi connectivity index (χ2v) is 7.04. The normalized spacial score (nSPS) is 15.8. The summed E-state index contributed by atoms with van der Waals surface area (Å²) in [5.74, 6) is -0.116. The summed E-state index contributed by atoms with van der Waals surface area (Å²) in [5, 5.41) is 9.40. The van der Waals surface area contributed by atoms with Gasteiger partial charge in [0.2, 0.25) is 5.91 Å². The van der Waals surface area contributed by atoms with Crippen molar-refractivity contribution >= 4 is 28.3 Å². The molecule has 0 saturated carbocycles. The highest BCUT2D eigenvalue weighted by Gasteiger charge is 2.36. The maximum absolute atomic E-state index is 13.4. The molecular formula is C22H17N5O2. The molecule has 0 saturated heterocycles. The first-order chi connectivity index (χ1) is 14.1. The molecule has 5 rings (SSSR count). The van der Waals surface area contributed by atoms with Gasteiger partial charge in [0, 0.05) is 29.9 Å². The van der Waals surface area contributed by atoms with Crippen molar-refractivity contribution < 1.29 is 9.59 Å². The number of fused-ring (bicyclic) bond motifs is 2. The van der Waals surface area contributed by atoms with Gasteiger partial charge in [0.25, 0.3) is 5.95 Å². The molecule has 2 aromatic heterocycles. The van der Waals surface area contributed by atoms with Crippen LogP contribution in [0.5, 0.6) is 0 Å². The van der Waals surface area contributed by atoms with E-state index in [0.717, 1.165) is 16.3 Å². The maximum Gasteiger partial charge on any atom is 0.252 e. The summed E-state index contributed by atoms with van der Waals surface area (Å²) in [4.78, 5) is 34.3. The predicted octanol–water partition coefficient (Wildman–Crippen LogP) is 3.43. The molecule has 7 nitrogen and oxygen atoms in total. The second-order valence-electron chi connectivity index (χ2n) is 7.04. The Morgan fingerprint density at radius 3 is 2.62 bits per heavy atom. The molecule has 1 N–H and O–H groups in total. The number of Topliss-reactive ketones (excluding diaryl/α,β-unsaturated/α-hetero) is 1. The van der Waals surface area contributed by atoms with Gasteiger partial charge in [0.05, 0.1) is 11.6 Å². The fourth-order valence-corrected chi connectivity index (χ4v) is 3.86. The predicted molar refractivity (Wildman–Crippen MR) is 108 cm³/mol. The number of rotatable bonds is 3. The van der Waals surface area contributed by atoms with Gasteiger partial charge >= 0.3 is 0 Å². The minimum absolute atomic E-state index is 0.0842. The van der Waals surface area contributed by atoms with Gasteiger partial charge in [-0.2, -0.15) is 9.78 Å². The first kappa shape index (κ1) is 17.2. The fourth-order valence-electron chi connectivity index (χ4n) is 3.86. The Bertz CT molecular complexity index is 1260. The van der Waals surface area contributed by atoms with Crippen LogP contribution in [0.2, 0.25) is 0 Å². The third-order valence-electron chi connectivity index (χ3n) is 5.19. The molecule has 7 heteroatoms. The molecule has 1 aliphatic rings. The van der Waals surface area contributed by atoms with Crippen LogP contribution in [0.3, 0.4) is 0 Å². The lowest BCUT2D eigenvalue weighted by atomic mass is 9.85. The number of nitrogens with one attached hydrogen (secondary N) is 1. The molecule has 0 fully saturated rings. The molecule has 0 unspecified atom stereocenters. The average molecular weight is 383 g/mol. The number of nitrogens with zero attached hydrogens (tertiary/aromatic N) is 4. The molecule has 142 valence electrons. The van der Waals surface area contributed by atoms with E-state index in [1.807, 2.05) is 49.4 Å². The van der Waals surface area contributed by atoms with E-state index in [2.05, 4.69) is 20.4 Å². The smallest absolute Gasteiger partial charge is 0.252 e. The molecule has 2 aromatic carbocycles. The number of benzene rings is 2. The van der Waals surface area contributed by atoms with Crippen LogP contribution in [0.15, 0.2) is 60.9 Å². The van der Waals surface area contributed by atoms with Gasteiger partial charge < -0.3 is 5.32 Å². The molecule has 0 aliphatic carbocycles. The monoisotopic (exact) mass is 383 g/mol. The molecule has 0 spiro atoms. The number of aryl methyl sites for hydroxylation is 1. The highest BCUT2D eigenvalue weighted by atomic mass is 16.2. The number of hydrogen-bond donors (Lipinski definition) is 1. The number of hydrogen-bond acceptors (Lipinski definition) is 5. The third kappa shape index (κ3) is 2.87. The van der Waals surface area contributed by atoms with E-state index in [1.165, 1.54) is 4.68 Å².